The van der Waals surface area contributed by atoms with Crippen molar-refractivity contribution in [3.05, 3.63) is 11.6 Å². The minimum absolute atomic E-state index is 0.117. The Morgan fingerprint density at radius 3 is 1.74 bits per heavy atom. The molecule has 0 aromatic heterocycles. The molecule has 116 valence electrons. The average Bonchev–Trinajstić information content (AvgIpc) is 2.40. The van der Waals surface area contributed by atoms with Crippen LogP contribution in [0.15, 0.2) is 11.6 Å². The van der Waals surface area contributed by atoms with Crippen molar-refractivity contribution in [1.29, 1.82) is 0 Å². The largest absolute Gasteiger partial charge is 0.369 e. The molecule has 0 radical (unpaired) electrons. The molecule has 2 heteroatoms. The first-order valence-electron chi connectivity index (χ1n) is 7.68. The van der Waals surface area contributed by atoms with Crippen molar-refractivity contribution >= 4 is 5.91 Å². The third kappa shape index (κ3) is 10.8. The molecule has 0 aliphatic heterocycles. The van der Waals surface area contributed by atoms with Crippen LogP contribution in [0.3, 0.4) is 0 Å². The van der Waals surface area contributed by atoms with E-state index in [1.807, 2.05) is 54.5 Å². The van der Waals surface area contributed by atoms with Crippen molar-refractivity contribution in [2.45, 2.75) is 81.6 Å². The minimum Gasteiger partial charge on any atom is -0.369 e. The number of amides is 1. The van der Waals surface area contributed by atoms with Gasteiger partial charge in [0.1, 0.15) is 0 Å². The summed E-state index contributed by atoms with van der Waals surface area (Å²) in [5.74, 6) is -0.352. The highest BCUT2D eigenvalue weighted by Crippen LogP contribution is 2.34. The fourth-order valence-electron chi connectivity index (χ4n) is 1.42. The Bertz CT molecular complexity index is 240. The molecule has 1 amide bonds. The molecule has 0 saturated heterocycles. The van der Waals surface area contributed by atoms with Crippen molar-refractivity contribution in [2.24, 2.45) is 17.1 Å². The molecule has 0 saturated carbocycles. The summed E-state index contributed by atoms with van der Waals surface area (Å²) in [4.78, 5) is 11.0. The molecule has 0 rings (SSSR count). The highest BCUT2D eigenvalue weighted by molar-refractivity contribution is 5.77. The van der Waals surface area contributed by atoms with Gasteiger partial charge >= 0.3 is 0 Å². The molecule has 2 nitrogen and oxygen atoms in total. The monoisotopic (exact) mass is 271 g/mol. The number of unbranched alkanes of at least 4 members (excludes halogenated alkanes) is 2. The molecule has 1 atom stereocenters. The van der Waals surface area contributed by atoms with Gasteiger partial charge in [0.15, 0.2) is 0 Å². The van der Waals surface area contributed by atoms with Crippen LogP contribution >= 0.6 is 0 Å². The Kier molecular flexibility index (Phi) is 16.7. The van der Waals surface area contributed by atoms with E-state index in [-0.39, 0.29) is 17.2 Å². The molecule has 0 aliphatic carbocycles. The maximum Gasteiger partial charge on any atom is 0.221 e. The van der Waals surface area contributed by atoms with Gasteiger partial charge in [-0.2, -0.15) is 0 Å². The van der Waals surface area contributed by atoms with Crippen LogP contribution in [0.5, 0.6) is 0 Å². The van der Waals surface area contributed by atoms with E-state index in [0.717, 1.165) is 0 Å². The molecule has 19 heavy (non-hydrogen) atoms. The lowest BCUT2D eigenvalue weighted by atomic mass is 9.74. The summed E-state index contributed by atoms with van der Waals surface area (Å²) < 4.78 is 0. The first-order chi connectivity index (χ1) is 8.75. The summed E-state index contributed by atoms with van der Waals surface area (Å²) in [6.07, 6.45) is 6.10. The Morgan fingerprint density at radius 2 is 1.58 bits per heavy atom. The van der Waals surface area contributed by atoms with Crippen LogP contribution in [-0.2, 0) is 4.79 Å². The number of carbonyl (C=O) groups excluding carboxylic acids is 1. The summed E-state index contributed by atoms with van der Waals surface area (Å²) in [5, 5.41) is 0. The van der Waals surface area contributed by atoms with Crippen molar-refractivity contribution in [2.75, 3.05) is 0 Å². The van der Waals surface area contributed by atoms with E-state index < -0.39 is 0 Å². The summed E-state index contributed by atoms with van der Waals surface area (Å²) in [7, 11) is 0. The Labute approximate surface area is 121 Å². The van der Waals surface area contributed by atoms with Crippen LogP contribution in [0, 0.1) is 11.3 Å². The molecule has 0 heterocycles. The van der Waals surface area contributed by atoms with Crippen molar-refractivity contribution in [3.8, 4) is 0 Å². The summed E-state index contributed by atoms with van der Waals surface area (Å²) in [6.45, 7) is 18.4. The fourth-order valence-corrected chi connectivity index (χ4v) is 1.42. The topological polar surface area (TPSA) is 43.1 Å². The zero-order chi connectivity index (χ0) is 16.1. The molecule has 2 N–H and O–H groups in total. The number of carbonyl (C=O) groups is 1. The molecule has 0 fully saturated rings. The molecule has 0 spiro atoms. The first-order valence-corrected chi connectivity index (χ1v) is 7.68. The minimum atomic E-state index is -0.235. The molecular formula is C17H37NO. The van der Waals surface area contributed by atoms with Crippen LogP contribution in [-0.4, -0.2) is 5.91 Å². The van der Waals surface area contributed by atoms with Gasteiger partial charge in [-0.15, -0.1) is 0 Å². The van der Waals surface area contributed by atoms with Gasteiger partial charge in [0.25, 0.3) is 0 Å². The first kappa shape index (κ1) is 23.3. The second kappa shape index (κ2) is 13.6. The fraction of sp³-hybridized carbons (Fsp3) is 0.824. The third-order valence-electron chi connectivity index (χ3n) is 3.67. The van der Waals surface area contributed by atoms with Crippen LogP contribution in [0.2, 0.25) is 0 Å². The summed E-state index contributed by atoms with van der Waals surface area (Å²) in [6, 6.07) is 0. The predicted molar refractivity (Wildman–Crippen MR) is 88.1 cm³/mol. The van der Waals surface area contributed by atoms with Gasteiger partial charge in [-0.1, -0.05) is 79.4 Å². The zero-order valence-electron chi connectivity index (χ0n) is 14.8. The Morgan fingerprint density at radius 1 is 1.21 bits per heavy atom. The molecule has 0 aromatic carbocycles. The van der Waals surface area contributed by atoms with Gasteiger partial charge < -0.3 is 5.73 Å². The number of rotatable bonds is 5. The number of primary amides is 1. The SMILES string of the molecule is C/C=C(\C)C(C)(C)C(C)C(N)=O.CC.CCCCC. The molecule has 1 unspecified atom stereocenters. The van der Waals surface area contributed by atoms with Gasteiger partial charge in [-0.25, -0.2) is 0 Å². The lowest BCUT2D eigenvalue weighted by Crippen LogP contribution is -2.34. The van der Waals surface area contributed by atoms with Gasteiger partial charge in [0, 0.05) is 5.92 Å². The van der Waals surface area contributed by atoms with E-state index in [4.69, 9.17) is 5.73 Å². The van der Waals surface area contributed by atoms with Crippen LogP contribution in [0.4, 0.5) is 0 Å². The zero-order valence-corrected chi connectivity index (χ0v) is 14.8. The van der Waals surface area contributed by atoms with Crippen LogP contribution < -0.4 is 5.73 Å². The smallest absolute Gasteiger partial charge is 0.221 e. The summed E-state index contributed by atoms with van der Waals surface area (Å²) >= 11 is 0. The van der Waals surface area contributed by atoms with Gasteiger partial charge in [-0.05, 0) is 19.3 Å². The van der Waals surface area contributed by atoms with Crippen LogP contribution in [0.25, 0.3) is 0 Å². The lowest BCUT2D eigenvalue weighted by Gasteiger charge is -2.30. The second-order valence-electron chi connectivity index (χ2n) is 5.17. The predicted octanol–water partition coefficient (Wildman–Crippen LogP) is 5.32. The van der Waals surface area contributed by atoms with Crippen LogP contribution in [0.1, 0.15) is 81.6 Å². The van der Waals surface area contributed by atoms with Crippen molar-refractivity contribution in [1.82, 2.24) is 0 Å². The van der Waals surface area contributed by atoms with E-state index in [1.54, 1.807) is 0 Å². The van der Waals surface area contributed by atoms with Crippen molar-refractivity contribution < 1.29 is 4.79 Å². The van der Waals surface area contributed by atoms with Gasteiger partial charge in [0.05, 0.1) is 0 Å². The highest BCUT2D eigenvalue weighted by atomic mass is 16.1. The normalized spacial score (nSPS) is 12.6. The third-order valence-corrected chi connectivity index (χ3v) is 3.67. The Hall–Kier alpha value is -0.790. The number of hydrogen-bond donors (Lipinski definition) is 1. The molecule has 0 bridgehead atoms. The van der Waals surface area contributed by atoms with Gasteiger partial charge in [0.2, 0.25) is 5.91 Å². The second-order valence-corrected chi connectivity index (χ2v) is 5.17. The molecule has 0 aliphatic rings. The standard InChI is InChI=1S/C10H19NO.C5H12.C2H6/c1-6-7(2)10(4,5)8(3)9(11)12;1-3-5-4-2;1-2/h6,8H,1-5H3,(H2,11,12);3-5H2,1-2H3;1-2H3/b7-6+;;. The maximum absolute atomic E-state index is 11.0. The summed E-state index contributed by atoms with van der Waals surface area (Å²) in [5.41, 5.74) is 6.33. The van der Waals surface area contributed by atoms with E-state index in [2.05, 4.69) is 13.8 Å². The average molecular weight is 271 g/mol. The van der Waals surface area contributed by atoms with E-state index in [9.17, 15) is 4.79 Å². The lowest BCUT2D eigenvalue weighted by molar-refractivity contribution is -0.123. The van der Waals surface area contributed by atoms with E-state index in [1.165, 1.54) is 24.8 Å². The molecular weight excluding hydrogens is 234 g/mol. The number of hydrogen-bond acceptors (Lipinski definition) is 1. The van der Waals surface area contributed by atoms with E-state index in [0.29, 0.717) is 0 Å². The number of nitrogens with two attached hydrogens (primary N) is 1. The molecule has 0 aromatic rings. The van der Waals surface area contributed by atoms with Crippen molar-refractivity contribution in [3.63, 3.8) is 0 Å². The highest BCUT2D eigenvalue weighted by Gasteiger charge is 2.30. The van der Waals surface area contributed by atoms with Gasteiger partial charge in [-0.3, -0.25) is 4.79 Å². The Balaban J connectivity index is -0.000000307. The number of allylic oxidation sites excluding steroid dienone is 2. The quantitative estimate of drug-likeness (QED) is 0.675. The maximum atomic E-state index is 11.0. The van der Waals surface area contributed by atoms with E-state index >= 15 is 0 Å².